The zero-order valence-corrected chi connectivity index (χ0v) is 16.8. The lowest BCUT2D eigenvalue weighted by Crippen LogP contribution is -2.28. The van der Waals surface area contributed by atoms with Crippen molar-refractivity contribution in [2.45, 2.75) is 5.41 Å². The van der Waals surface area contributed by atoms with E-state index in [4.69, 9.17) is 0 Å². The van der Waals surface area contributed by atoms with Gasteiger partial charge in [-0.3, -0.25) is 0 Å². The summed E-state index contributed by atoms with van der Waals surface area (Å²) < 4.78 is 0. The highest BCUT2D eigenvalue weighted by Gasteiger charge is 2.46. The first kappa shape index (κ1) is 17.8. The largest absolute Gasteiger partial charge is 0.508 e. The Morgan fingerprint density at radius 1 is 0.484 bits per heavy atom. The standard InChI is InChI=1S/C29H20O2/c30-22-14-10-20(11-15-22)29(21-12-16-23(31)17-13-21)26-8-4-3-7-25(26)28-24-6-2-1-5-19(24)9-18-27(28)29/h1-18,30-31H. The molecule has 0 atom stereocenters. The Hall–Kier alpha value is -4.04. The number of rotatable bonds is 2. The highest BCUT2D eigenvalue weighted by atomic mass is 16.3. The van der Waals surface area contributed by atoms with Gasteiger partial charge in [-0.05, 0) is 68.4 Å². The van der Waals surface area contributed by atoms with Gasteiger partial charge in [0.25, 0.3) is 0 Å². The van der Waals surface area contributed by atoms with Crippen molar-refractivity contribution >= 4 is 10.8 Å². The minimum atomic E-state index is -0.544. The maximum absolute atomic E-state index is 9.99. The van der Waals surface area contributed by atoms with Gasteiger partial charge < -0.3 is 10.2 Å². The second-order valence-electron chi connectivity index (χ2n) is 8.10. The molecule has 2 heteroatoms. The van der Waals surface area contributed by atoms with Crippen molar-refractivity contribution in [1.82, 2.24) is 0 Å². The first-order chi connectivity index (χ1) is 15.2. The molecule has 148 valence electrons. The molecule has 0 heterocycles. The molecule has 0 radical (unpaired) electrons. The topological polar surface area (TPSA) is 40.5 Å². The van der Waals surface area contributed by atoms with Gasteiger partial charge in [-0.2, -0.15) is 0 Å². The van der Waals surface area contributed by atoms with E-state index < -0.39 is 5.41 Å². The summed E-state index contributed by atoms with van der Waals surface area (Å²) in [4.78, 5) is 0. The van der Waals surface area contributed by atoms with Gasteiger partial charge in [0.1, 0.15) is 11.5 Å². The number of phenolic OH excluding ortho intramolecular Hbond substituents is 2. The number of phenols is 2. The maximum Gasteiger partial charge on any atom is 0.115 e. The Balaban J connectivity index is 1.82. The minimum Gasteiger partial charge on any atom is -0.508 e. The van der Waals surface area contributed by atoms with Crippen LogP contribution in [0.25, 0.3) is 21.9 Å². The lowest BCUT2D eigenvalue weighted by atomic mass is 9.67. The predicted molar refractivity (Wildman–Crippen MR) is 125 cm³/mol. The van der Waals surface area contributed by atoms with E-state index in [9.17, 15) is 10.2 Å². The van der Waals surface area contributed by atoms with Crippen LogP contribution in [0.15, 0.2) is 109 Å². The molecule has 0 aromatic heterocycles. The van der Waals surface area contributed by atoms with Crippen LogP contribution in [-0.2, 0) is 5.41 Å². The van der Waals surface area contributed by atoms with Crippen molar-refractivity contribution in [2.75, 3.05) is 0 Å². The molecule has 1 aliphatic rings. The minimum absolute atomic E-state index is 0.245. The second kappa shape index (κ2) is 6.48. The molecule has 5 aromatic rings. The molecule has 31 heavy (non-hydrogen) atoms. The van der Waals surface area contributed by atoms with Crippen LogP contribution in [0.5, 0.6) is 11.5 Å². The van der Waals surface area contributed by atoms with Gasteiger partial charge in [0.05, 0.1) is 5.41 Å². The first-order valence-corrected chi connectivity index (χ1v) is 10.4. The fourth-order valence-electron chi connectivity index (χ4n) is 5.26. The average Bonchev–Trinajstić information content (AvgIpc) is 3.12. The Bertz CT molecular complexity index is 1390. The first-order valence-electron chi connectivity index (χ1n) is 10.4. The average molecular weight is 400 g/mol. The van der Waals surface area contributed by atoms with Crippen molar-refractivity contribution < 1.29 is 10.2 Å². The van der Waals surface area contributed by atoms with Crippen molar-refractivity contribution in [3.05, 3.63) is 131 Å². The van der Waals surface area contributed by atoms with Gasteiger partial charge in [-0.25, -0.2) is 0 Å². The molecule has 2 nitrogen and oxygen atoms in total. The maximum atomic E-state index is 9.99. The monoisotopic (exact) mass is 400 g/mol. The zero-order valence-electron chi connectivity index (χ0n) is 16.8. The van der Waals surface area contributed by atoms with Crippen molar-refractivity contribution in [3.63, 3.8) is 0 Å². The summed E-state index contributed by atoms with van der Waals surface area (Å²) in [7, 11) is 0. The van der Waals surface area contributed by atoms with Crippen LogP contribution >= 0.6 is 0 Å². The number of hydrogen-bond acceptors (Lipinski definition) is 2. The van der Waals surface area contributed by atoms with E-state index >= 15 is 0 Å². The number of fused-ring (bicyclic) bond motifs is 5. The van der Waals surface area contributed by atoms with Crippen LogP contribution in [0.1, 0.15) is 22.3 Å². The van der Waals surface area contributed by atoms with Crippen LogP contribution in [0.2, 0.25) is 0 Å². The molecule has 0 bridgehead atoms. The van der Waals surface area contributed by atoms with Crippen LogP contribution in [-0.4, -0.2) is 10.2 Å². The smallest absolute Gasteiger partial charge is 0.115 e. The summed E-state index contributed by atoms with van der Waals surface area (Å²) in [6.45, 7) is 0. The highest BCUT2D eigenvalue weighted by Crippen LogP contribution is 2.57. The van der Waals surface area contributed by atoms with Gasteiger partial charge >= 0.3 is 0 Å². The summed E-state index contributed by atoms with van der Waals surface area (Å²) in [5.41, 5.74) is 6.50. The number of benzene rings is 5. The van der Waals surface area contributed by atoms with Crippen LogP contribution in [0, 0.1) is 0 Å². The highest BCUT2D eigenvalue weighted by molar-refractivity contribution is 6.04. The Labute approximate surface area is 180 Å². The predicted octanol–water partition coefficient (Wildman–Crippen LogP) is 6.61. The zero-order chi connectivity index (χ0) is 21.0. The van der Waals surface area contributed by atoms with Gasteiger partial charge in [0, 0.05) is 0 Å². The van der Waals surface area contributed by atoms with E-state index in [1.807, 2.05) is 24.3 Å². The lowest BCUT2D eigenvalue weighted by molar-refractivity contribution is 0.475. The summed E-state index contributed by atoms with van der Waals surface area (Å²) in [5.74, 6) is 0.490. The van der Waals surface area contributed by atoms with Crippen LogP contribution < -0.4 is 0 Å². The van der Waals surface area contributed by atoms with Crippen molar-refractivity contribution in [3.8, 4) is 22.6 Å². The third-order valence-corrected chi connectivity index (χ3v) is 6.53. The molecule has 1 aliphatic carbocycles. The van der Waals surface area contributed by atoms with E-state index in [1.165, 1.54) is 33.0 Å². The van der Waals surface area contributed by atoms with Crippen molar-refractivity contribution in [1.29, 1.82) is 0 Å². The molecule has 0 saturated carbocycles. The van der Waals surface area contributed by atoms with Crippen molar-refractivity contribution in [2.24, 2.45) is 0 Å². The van der Waals surface area contributed by atoms with E-state index in [0.29, 0.717) is 0 Å². The molecule has 6 rings (SSSR count). The fourth-order valence-corrected chi connectivity index (χ4v) is 5.26. The van der Waals surface area contributed by atoms with Gasteiger partial charge in [0.2, 0.25) is 0 Å². The molecule has 2 N–H and O–H groups in total. The van der Waals surface area contributed by atoms with E-state index in [1.54, 1.807) is 24.3 Å². The molecular formula is C29H20O2. The Morgan fingerprint density at radius 3 is 1.74 bits per heavy atom. The number of aromatic hydroxyl groups is 2. The SMILES string of the molecule is Oc1ccc(C2(c3ccc(O)cc3)c3ccccc3-c3c2ccc2ccccc32)cc1. The van der Waals surface area contributed by atoms with E-state index in [-0.39, 0.29) is 11.5 Å². The third-order valence-electron chi connectivity index (χ3n) is 6.53. The molecule has 5 aromatic carbocycles. The summed E-state index contributed by atoms with van der Waals surface area (Å²) in [5, 5.41) is 22.4. The lowest BCUT2D eigenvalue weighted by Gasteiger charge is -2.34. The molecule has 0 fully saturated rings. The second-order valence-corrected chi connectivity index (χ2v) is 8.10. The van der Waals surface area contributed by atoms with E-state index in [2.05, 4.69) is 60.7 Å². The molecule has 0 aliphatic heterocycles. The van der Waals surface area contributed by atoms with E-state index in [0.717, 1.165) is 11.1 Å². The normalized spacial score (nSPS) is 13.7. The molecule has 0 saturated heterocycles. The quantitative estimate of drug-likeness (QED) is 0.343. The molecule has 0 amide bonds. The van der Waals surface area contributed by atoms with Gasteiger partial charge in [0.15, 0.2) is 0 Å². The van der Waals surface area contributed by atoms with Crippen LogP contribution in [0.3, 0.4) is 0 Å². The summed E-state index contributed by atoms with van der Waals surface area (Å²) >= 11 is 0. The fraction of sp³-hybridized carbons (Fsp3) is 0.0345. The van der Waals surface area contributed by atoms with Gasteiger partial charge in [-0.15, -0.1) is 0 Å². The van der Waals surface area contributed by atoms with Gasteiger partial charge in [-0.1, -0.05) is 84.9 Å². The molecular weight excluding hydrogens is 380 g/mol. The molecule has 0 unspecified atom stereocenters. The Kier molecular flexibility index (Phi) is 3.72. The number of hydrogen-bond donors (Lipinski definition) is 2. The molecule has 0 spiro atoms. The summed E-state index contributed by atoms with van der Waals surface area (Å²) in [6.07, 6.45) is 0. The third kappa shape index (κ3) is 2.39. The van der Waals surface area contributed by atoms with Crippen LogP contribution in [0.4, 0.5) is 0 Å². The Morgan fingerprint density at radius 2 is 1.06 bits per heavy atom. The summed E-state index contributed by atoms with van der Waals surface area (Å²) in [6, 6.07) is 36.5.